The number of rotatable bonds is 5. The fourth-order valence-corrected chi connectivity index (χ4v) is 5.37. The molecule has 35 heavy (non-hydrogen) atoms. The zero-order valence-electron chi connectivity index (χ0n) is 20.7. The number of pyridine rings is 1. The van der Waals surface area contributed by atoms with Crippen molar-refractivity contribution in [3.05, 3.63) is 53.5 Å². The predicted molar refractivity (Wildman–Crippen MR) is 133 cm³/mol. The molecule has 0 aromatic carbocycles. The third-order valence-electron chi connectivity index (χ3n) is 7.44. The van der Waals surface area contributed by atoms with Gasteiger partial charge in [0.15, 0.2) is 0 Å². The van der Waals surface area contributed by atoms with Crippen LogP contribution < -0.4 is 5.32 Å². The number of imidazole rings is 1. The second-order valence-corrected chi connectivity index (χ2v) is 9.87. The van der Waals surface area contributed by atoms with Crippen molar-refractivity contribution >= 4 is 23.1 Å². The molecular formula is C26H33N7O2. The predicted octanol–water partition coefficient (Wildman–Crippen LogP) is 3.22. The number of nitrogens with zero attached hydrogens (tertiary/aromatic N) is 6. The second-order valence-electron chi connectivity index (χ2n) is 9.87. The number of carbonyl (C=O) groups excluding carboxylic acids is 2. The van der Waals surface area contributed by atoms with E-state index >= 15 is 0 Å². The molecule has 1 N–H and O–H groups in total. The summed E-state index contributed by atoms with van der Waals surface area (Å²) in [6, 6.07) is 0.178. The van der Waals surface area contributed by atoms with E-state index < -0.39 is 0 Å². The molecule has 0 spiro atoms. The number of hydrogen-bond acceptors (Lipinski definition) is 6. The first kappa shape index (κ1) is 23.4. The summed E-state index contributed by atoms with van der Waals surface area (Å²) in [5.74, 6) is 0.937. The minimum atomic E-state index is -0.244. The van der Waals surface area contributed by atoms with Crippen molar-refractivity contribution in [1.29, 1.82) is 0 Å². The Morgan fingerprint density at radius 1 is 1.09 bits per heavy atom. The van der Waals surface area contributed by atoms with Crippen molar-refractivity contribution in [2.24, 2.45) is 5.92 Å². The quantitative estimate of drug-likeness (QED) is 0.609. The van der Waals surface area contributed by atoms with Crippen molar-refractivity contribution in [3.8, 4) is 0 Å². The number of aryl methyl sites for hydroxylation is 1. The van der Waals surface area contributed by atoms with Crippen LogP contribution in [0.25, 0.3) is 5.65 Å². The minimum Gasteiger partial charge on any atom is -0.337 e. The lowest BCUT2D eigenvalue weighted by Gasteiger charge is -2.41. The van der Waals surface area contributed by atoms with E-state index in [0.29, 0.717) is 23.8 Å². The molecule has 1 aliphatic carbocycles. The van der Waals surface area contributed by atoms with E-state index in [1.54, 1.807) is 13.1 Å². The van der Waals surface area contributed by atoms with Gasteiger partial charge in [-0.1, -0.05) is 12.8 Å². The van der Waals surface area contributed by atoms with Crippen LogP contribution in [0.15, 0.2) is 31.0 Å². The first-order chi connectivity index (χ1) is 16.9. The molecule has 0 radical (unpaired) electrons. The summed E-state index contributed by atoms with van der Waals surface area (Å²) in [4.78, 5) is 43.2. The van der Waals surface area contributed by atoms with Crippen LogP contribution in [0.3, 0.4) is 0 Å². The van der Waals surface area contributed by atoms with Gasteiger partial charge in [0, 0.05) is 74.7 Å². The van der Waals surface area contributed by atoms with Crippen LogP contribution in [0.5, 0.6) is 0 Å². The van der Waals surface area contributed by atoms with Crippen LogP contribution in [0.4, 0.5) is 5.69 Å². The summed E-state index contributed by atoms with van der Waals surface area (Å²) in [7, 11) is 0. The van der Waals surface area contributed by atoms with Gasteiger partial charge in [-0.25, -0.2) is 15.0 Å². The highest BCUT2D eigenvalue weighted by atomic mass is 16.2. The fraction of sp³-hybridized carbons (Fsp3) is 0.500. The normalized spacial score (nSPS) is 19.4. The number of hydrogen-bond donors (Lipinski definition) is 1. The zero-order chi connectivity index (χ0) is 24.5. The summed E-state index contributed by atoms with van der Waals surface area (Å²) in [5.41, 5.74) is 4.10. The van der Waals surface area contributed by atoms with Gasteiger partial charge in [0.2, 0.25) is 5.91 Å². The number of piperazine rings is 1. The Hall–Kier alpha value is -3.33. The molecule has 1 saturated heterocycles. The van der Waals surface area contributed by atoms with E-state index in [1.165, 1.54) is 25.2 Å². The molecule has 2 fully saturated rings. The van der Waals surface area contributed by atoms with Crippen molar-refractivity contribution in [2.75, 3.05) is 25.0 Å². The SMILES string of the molecule is Cc1ncc(C(=O)Nc2cn3ccnc3c(CN3CCN(C(=O)C4CCCC4)[C@H](C)C3)c2C)cn1. The number of nitrogens with one attached hydrogen (secondary N) is 1. The molecule has 5 rings (SSSR count). The highest BCUT2D eigenvalue weighted by molar-refractivity contribution is 6.04. The van der Waals surface area contributed by atoms with Crippen LogP contribution >= 0.6 is 0 Å². The fourth-order valence-electron chi connectivity index (χ4n) is 5.37. The smallest absolute Gasteiger partial charge is 0.258 e. The lowest BCUT2D eigenvalue weighted by molar-refractivity contribution is -0.140. The maximum atomic E-state index is 13.0. The van der Waals surface area contributed by atoms with Crippen molar-refractivity contribution in [2.45, 2.75) is 59.0 Å². The lowest BCUT2D eigenvalue weighted by atomic mass is 10.0. The van der Waals surface area contributed by atoms with Crippen LogP contribution in [0, 0.1) is 19.8 Å². The van der Waals surface area contributed by atoms with Crippen LogP contribution in [0.1, 0.15) is 59.9 Å². The maximum Gasteiger partial charge on any atom is 0.258 e. The Morgan fingerprint density at radius 3 is 2.54 bits per heavy atom. The van der Waals surface area contributed by atoms with Crippen molar-refractivity contribution in [3.63, 3.8) is 0 Å². The Bertz CT molecular complexity index is 1230. The van der Waals surface area contributed by atoms with Crippen LogP contribution in [-0.2, 0) is 11.3 Å². The largest absolute Gasteiger partial charge is 0.337 e. The topological polar surface area (TPSA) is 95.7 Å². The van der Waals surface area contributed by atoms with E-state index in [2.05, 4.69) is 37.0 Å². The summed E-state index contributed by atoms with van der Waals surface area (Å²) in [6.45, 7) is 9.07. The molecule has 2 amide bonds. The summed E-state index contributed by atoms with van der Waals surface area (Å²) in [6.07, 6.45) is 13.1. The Balaban J connectivity index is 1.33. The van der Waals surface area contributed by atoms with Gasteiger partial charge in [-0.05, 0) is 39.2 Å². The Labute approximate surface area is 205 Å². The Kier molecular flexibility index (Phi) is 6.51. The summed E-state index contributed by atoms with van der Waals surface area (Å²) < 4.78 is 1.95. The maximum absolute atomic E-state index is 13.0. The molecule has 4 heterocycles. The molecule has 1 atom stereocenters. The van der Waals surface area contributed by atoms with E-state index in [4.69, 9.17) is 0 Å². The molecule has 0 bridgehead atoms. The van der Waals surface area contributed by atoms with Gasteiger partial charge in [0.25, 0.3) is 5.91 Å². The van der Waals surface area contributed by atoms with Gasteiger partial charge in [-0.3, -0.25) is 14.5 Å². The monoisotopic (exact) mass is 475 g/mol. The van der Waals surface area contributed by atoms with E-state index in [0.717, 1.165) is 54.9 Å². The lowest BCUT2D eigenvalue weighted by Crippen LogP contribution is -2.54. The van der Waals surface area contributed by atoms with Gasteiger partial charge in [0.1, 0.15) is 11.5 Å². The van der Waals surface area contributed by atoms with Crippen LogP contribution in [-0.4, -0.2) is 66.6 Å². The third kappa shape index (κ3) is 4.77. The van der Waals surface area contributed by atoms with E-state index in [1.807, 2.05) is 23.7 Å². The first-order valence-electron chi connectivity index (χ1n) is 12.5. The molecule has 2 aliphatic rings. The molecule has 1 saturated carbocycles. The molecule has 9 heteroatoms. The molecule has 3 aromatic heterocycles. The molecule has 1 aliphatic heterocycles. The number of aromatic nitrogens is 4. The standard InChI is InChI=1S/C26H33N7O2/c1-17-14-31(10-11-33(17)26(35)20-6-4-5-7-20)15-22-18(2)23(16-32-9-8-27-24(22)32)30-25(34)21-12-28-19(3)29-13-21/h8-9,12-13,16-17,20H,4-7,10-11,14-15H2,1-3H3,(H,30,34)/t17-/m1/s1. The number of amides is 2. The molecule has 0 unspecified atom stereocenters. The zero-order valence-corrected chi connectivity index (χ0v) is 20.7. The first-order valence-corrected chi connectivity index (χ1v) is 12.5. The molecule has 9 nitrogen and oxygen atoms in total. The van der Waals surface area contributed by atoms with Gasteiger partial charge < -0.3 is 14.6 Å². The van der Waals surface area contributed by atoms with Gasteiger partial charge in [-0.2, -0.15) is 0 Å². The third-order valence-corrected chi connectivity index (χ3v) is 7.44. The average Bonchev–Trinajstić information content (AvgIpc) is 3.54. The van der Waals surface area contributed by atoms with Crippen LogP contribution in [0.2, 0.25) is 0 Å². The van der Waals surface area contributed by atoms with Crippen molar-refractivity contribution in [1.82, 2.24) is 29.2 Å². The molecular weight excluding hydrogens is 442 g/mol. The molecule has 184 valence electrons. The number of anilines is 1. The van der Waals surface area contributed by atoms with Gasteiger partial charge in [-0.15, -0.1) is 0 Å². The Morgan fingerprint density at radius 2 is 1.83 bits per heavy atom. The van der Waals surface area contributed by atoms with Gasteiger partial charge in [0.05, 0.1) is 11.3 Å². The van der Waals surface area contributed by atoms with E-state index in [-0.39, 0.29) is 17.9 Å². The van der Waals surface area contributed by atoms with Gasteiger partial charge >= 0.3 is 0 Å². The summed E-state index contributed by atoms with van der Waals surface area (Å²) in [5, 5.41) is 3.03. The number of fused-ring (bicyclic) bond motifs is 1. The average molecular weight is 476 g/mol. The number of carbonyl (C=O) groups is 2. The highest BCUT2D eigenvalue weighted by Crippen LogP contribution is 2.29. The highest BCUT2D eigenvalue weighted by Gasteiger charge is 2.33. The summed E-state index contributed by atoms with van der Waals surface area (Å²) >= 11 is 0. The van der Waals surface area contributed by atoms with E-state index in [9.17, 15) is 9.59 Å². The van der Waals surface area contributed by atoms with Crippen molar-refractivity contribution < 1.29 is 9.59 Å². The second kappa shape index (κ2) is 9.73. The molecule has 3 aromatic rings. The minimum absolute atomic E-state index is 0.178.